The molecule has 0 radical (unpaired) electrons. The summed E-state index contributed by atoms with van der Waals surface area (Å²) in [6.07, 6.45) is 0. The Morgan fingerprint density at radius 3 is 2.69 bits per heavy atom. The van der Waals surface area contributed by atoms with E-state index in [2.05, 4.69) is 43.0 Å². The van der Waals surface area contributed by atoms with Crippen LogP contribution in [-0.2, 0) is 4.74 Å². The molecule has 1 unspecified atom stereocenters. The molecule has 0 saturated heterocycles. The number of nitrogens with zero attached hydrogens (tertiary/aromatic N) is 1. The van der Waals surface area contributed by atoms with Gasteiger partial charge in [-0.3, -0.25) is 0 Å². The second-order valence-electron chi connectivity index (χ2n) is 3.97. The normalized spacial score (nSPS) is 12.5. The summed E-state index contributed by atoms with van der Waals surface area (Å²) >= 11 is 0. The molecule has 0 aliphatic rings. The van der Waals surface area contributed by atoms with Gasteiger partial charge in [0.1, 0.15) is 0 Å². The van der Waals surface area contributed by atoms with Crippen LogP contribution in [-0.4, -0.2) is 32.8 Å². The number of ether oxygens (including phenoxy) is 1. The molecule has 0 amide bonds. The third-order valence-electron chi connectivity index (χ3n) is 2.75. The molecule has 1 atom stereocenters. The Kier molecular flexibility index (Phi) is 5.29. The molecule has 90 valence electrons. The van der Waals surface area contributed by atoms with Crippen LogP contribution >= 0.6 is 0 Å². The summed E-state index contributed by atoms with van der Waals surface area (Å²) in [5.41, 5.74) is 8.27. The van der Waals surface area contributed by atoms with Gasteiger partial charge >= 0.3 is 0 Å². The summed E-state index contributed by atoms with van der Waals surface area (Å²) in [5.74, 6) is 0. The van der Waals surface area contributed by atoms with Gasteiger partial charge in [0.15, 0.2) is 0 Å². The van der Waals surface area contributed by atoms with Gasteiger partial charge in [0.05, 0.1) is 12.6 Å². The van der Waals surface area contributed by atoms with Crippen LogP contribution in [0.5, 0.6) is 0 Å². The lowest BCUT2D eigenvalue weighted by atomic mass is 10.1. The zero-order chi connectivity index (χ0) is 12.0. The molecule has 3 nitrogen and oxygen atoms in total. The Labute approximate surface area is 98.2 Å². The molecule has 1 rings (SSSR count). The Morgan fingerprint density at radius 2 is 2.19 bits per heavy atom. The molecule has 3 heteroatoms. The van der Waals surface area contributed by atoms with E-state index in [-0.39, 0.29) is 6.04 Å². The summed E-state index contributed by atoms with van der Waals surface area (Å²) in [5, 5.41) is 0. The van der Waals surface area contributed by atoms with Crippen molar-refractivity contribution >= 4 is 5.69 Å². The van der Waals surface area contributed by atoms with Crippen molar-refractivity contribution in [2.45, 2.75) is 19.9 Å². The number of hydrogen-bond acceptors (Lipinski definition) is 3. The van der Waals surface area contributed by atoms with E-state index in [0.29, 0.717) is 13.2 Å². The summed E-state index contributed by atoms with van der Waals surface area (Å²) in [6.45, 7) is 6.45. The third kappa shape index (κ3) is 3.22. The molecule has 16 heavy (non-hydrogen) atoms. The van der Waals surface area contributed by atoms with Crippen molar-refractivity contribution in [2.24, 2.45) is 5.73 Å². The minimum Gasteiger partial charge on any atom is -0.383 e. The van der Waals surface area contributed by atoms with Crippen LogP contribution in [0.15, 0.2) is 24.3 Å². The molecular weight excluding hydrogens is 200 g/mol. The fraction of sp³-hybridized carbons (Fsp3) is 0.538. The lowest BCUT2D eigenvalue weighted by Crippen LogP contribution is -2.43. The van der Waals surface area contributed by atoms with Crippen LogP contribution in [0.1, 0.15) is 12.5 Å². The van der Waals surface area contributed by atoms with E-state index in [1.165, 1.54) is 11.3 Å². The number of nitrogens with two attached hydrogens (primary N) is 1. The summed E-state index contributed by atoms with van der Waals surface area (Å²) in [4.78, 5) is 2.29. The predicted molar refractivity (Wildman–Crippen MR) is 68.9 cm³/mol. The fourth-order valence-electron chi connectivity index (χ4n) is 1.94. The molecule has 0 saturated carbocycles. The fourth-order valence-corrected chi connectivity index (χ4v) is 1.94. The van der Waals surface area contributed by atoms with E-state index in [1.807, 2.05) is 0 Å². The number of aryl methyl sites for hydroxylation is 1. The van der Waals surface area contributed by atoms with Crippen molar-refractivity contribution in [3.63, 3.8) is 0 Å². The molecule has 0 aromatic heterocycles. The van der Waals surface area contributed by atoms with Crippen molar-refractivity contribution in [3.8, 4) is 0 Å². The maximum atomic E-state index is 5.79. The number of hydrogen-bond donors (Lipinski definition) is 1. The number of rotatable bonds is 6. The molecule has 0 fully saturated rings. The van der Waals surface area contributed by atoms with Crippen LogP contribution in [0.2, 0.25) is 0 Å². The SMILES string of the molecule is CCN(c1cccc(C)c1)C(CN)COC. The Hall–Kier alpha value is -1.06. The predicted octanol–water partition coefficient (Wildman–Crippen LogP) is 1.80. The van der Waals surface area contributed by atoms with Crippen molar-refractivity contribution in [1.29, 1.82) is 0 Å². The van der Waals surface area contributed by atoms with Gasteiger partial charge in [-0.15, -0.1) is 0 Å². The van der Waals surface area contributed by atoms with Crippen LogP contribution < -0.4 is 10.6 Å². The zero-order valence-electron chi connectivity index (χ0n) is 10.4. The van der Waals surface area contributed by atoms with Crippen LogP contribution in [0.3, 0.4) is 0 Å². The van der Waals surface area contributed by atoms with E-state index in [1.54, 1.807) is 7.11 Å². The first kappa shape index (κ1) is 13.0. The lowest BCUT2D eigenvalue weighted by molar-refractivity contribution is 0.179. The number of likely N-dealkylation sites (N-methyl/N-ethyl adjacent to an activating group) is 1. The van der Waals surface area contributed by atoms with E-state index < -0.39 is 0 Å². The summed E-state index contributed by atoms with van der Waals surface area (Å²) in [7, 11) is 1.72. The second kappa shape index (κ2) is 6.51. The van der Waals surface area contributed by atoms with Crippen LogP contribution in [0.4, 0.5) is 5.69 Å². The smallest absolute Gasteiger partial charge is 0.0678 e. The van der Waals surface area contributed by atoms with Crippen molar-refractivity contribution < 1.29 is 4.74 Å². The monoisotopic (exact) mass is 222 g/mol. The van der Waals surface area contributed by atoms with Gasteiger partial charge in [-0.2, -0.15) is 0 Å². The van der Waals surface area contributed by atoms with E-state index in [9.17, 15) is 0 Å². The van der Waals surface area contributed by atoms with E-state index in [4.69, 9.17) is 10.5 Å². The van der Waals surface area contributed by atoms with Crippen LogP contribution in [0, 0.1) is 6.92 Å². The first-order valence-electron chi connectivity index (χ1n) is 5.75. The molecule has 1 aromatic carbocycles. The maximum Gasteiger partial charge on any atom is 0.0678 e. The molecule has 0 aliphatic carbocycles. The minimum atomic E-state index is 0.247. The van der Waals surface area contributed by atoms with E-state index >= 15 is 0 Å². The highest BCUT2D eigenvalue weighted by Crippen LogP contribution is 2.18. The Bertz CT molecular complexity index is 315. The van der Waals surface area contributed by atoms with E-state index in [0.717, 1.165) is 6.54 Å². The number of anilines is 1. The van der Waals surface area contributed by atoms with Crippen LogP contribution in [0.25, 0.3) is 0 Å². The third-order valence-corrected chi connectivity index (χ3v) is 2.75. The average molecular weight is 222 g/mol. The first-order valence-corrected chi connectivity index (χ1v) is 5.75. The Balaban J connectivity index is 2.87. The van der Waals surface area contributed by atoms with Gasteiger partial charge in [0.2, 0.25) is 0 Å². The lowest BCUT2D eigenvalue weighted by Gasteiger charge is -2.31. The molecule has 0 spiro atoms. The quantitative estimate of drug-likeness (QED) is 0.797. The highest BCUT2D eigenvalue weighted by molar-refractivity contribution is 5.49. The molecule has 1 aromatic rings. The standard InChI is InChI=1S/C13H22N2O/c1-4-15(13(9-14)10-16-3)12-7-5-6-11(2)8-12/h5-8,13H,4,9-10,14H2,1-3H3. The minimum absolute atomic E-state index is 0.247. The molecule has 0 heterocycles. The maximum absolute atomic E-state index is 5.79. The molecular formula is C13H22N2O. The number of methoxy groups -OCH3 is 1. The largest absolute Gasteiger partial charge is 0.383 e. The van der Waals surface area contributed by atoms with Crippen molar-refractivity contribution in [3.05, 3.63) is 29.8 Å². The van der Waals surface area contributed by atoms with Gasteiger partial charge in [-0.25, -0.2) is 0 Å². The summed E-state index contributed by atoms with van der Waals surface area (Å²) in [6, 6.07) is 8.73. The molecule has 2 N–H and O–H groups in total. The van der Waals surface area contributed by atoms with Gasteiger partial charge < -0.3 is 15.4 Å². The average Bonchev–Trinajstić information content (AvgIpc) is 2.29. The topological polar surface area (TPSA) is 38.5 Å². The zero-order valence-corrected chi connectivity index (χ0v) is 10.4. The molecule has 0 bridgehead atoms. The summed E-state index contributed by atoms with van der Waals surface area (Å²) < 4.78 is 5.21. The highest BCUT2D eigenvalue weighted by atomic mass is 16.5. The first-order chi connectivity index (χ1) is 7.72. The van der Waals surface area contributed by atoms with Gasteiger partial charge in [0, 0.05) is 25.9 Å². The number of benzene rings is 1. The van der Waals surface area contributed by atoms with Gasteiger partial charge in [-0.05, 0) is 31.5 Å². The Morgan fingerprint density at radius 1 is 1.44 bits per heavy atom. The van der Waals surface area contributed by atoms with Gasteiger partial charge in [-0.1, -0.05) is 12.1 Å². The van der Waals surface area contributed by atoms with Crippen molar-refractivity contribution in [2.75, 3.05) is 31.7 Å². The second-order valence-corrected chi connectivity index (χ2v) is 3.97. The molecule has 0 aliphatic heterocycles. The van der Waals surface area contributed by atoms with Crippen molar-refractivity contribution in [1.82, 2.24) is 0 Å². The van der Waals surface area contributed by atoms with Gasteiger partial charge in [0.25, 0.3) is 0 Å². The highest BCUT2D eigenvalue weighted by Gasteiger charge is 2.15.